The van der Waals surface area contributed by atoms with E-state index >= 15 is 0 Å². The van der Waals surface area contributed by atoms with E-state index in [2.05, 4.69) is 20.8 Å². The Bertz CT molecular complexity index is 112. The van der Waals surface area contributed by atoms with Crippen LogP contribution in [-0.2, 0) is 0 Å². The Hall–Kier alpha value is -0.00506. The quantitative estimate of drug-likeness (QED) is 0.533. The molecule has 0 saturated carbocycles. The molecule has 0 aliphatic rings. The fourth-order valence-electron chi connectivity index (χ4n) is 1.32. The number of rotatable bonds is 6. The summed E-state index contributed by atoms with van der Waals surface area (Å²) in [6.45, 7) is 7.95. The van der Waals surface area contributed by atoms with Crippen molar-refractivity contribution in [1.29, 1.82) is 0 Å². The van der Waals surface area contributed by atoms with Crippen LogP contribution in [0.2, 0.25) is 5.82 Å². The first-order valence-electron chi connectivity index (χ1n) is 5.06. The fourth-order valence-corrected chi connectivity index (χ4v) is 1.32. The lowest BCUT2D eigenvalue weighted by atomic mass is 9.52. The van der Waals surface area contributed by atoms with Gasteiger partial charge in [0.05, 0.1) is 5.57 Å². The molecule has 0 aromatic carbocycles. The van der Waals surface area contributed by atoms with Crippen molar-refractivity contribution in [2.24, 2.45) is 0 Å². The Morgan fingerprint density at radius 3 is 2.42 bits per heavy atom. The van der Waals surface area contributed by atoms with E-state index in [1.165, 1.54) is 0 Å². The van der Waals surface area contributed by atoms with Crippen LogP contribution >= 0.6 is 0 Å². The van der Waals surface area contributed by atoms with E-state index in [1.54, 1.807) is 6.92 Å². The SMILES string of the molecule is CCCCC(C)(F)[B]C(C)CC. The molecule has 0 aromatic rings. The minimum atomic E-state index is -1.05. The number of hydrogen-bond donors (Lipinski definition) is 0. The van der Waals surface area contributed by atoms with Crippen molar-refractivity contribution in [3.05, 3.63) is 0 Å². The molecule has 0 bridgehead atoms. The predicted octanol–water partition coefficient (Wildman–Crippen LogP) is 3.78. The van der Waals surface area contributed by atoms with Crippen molar-refractivity contribution in [3.8, 4) is 0 Å². The minimum absolute atomic E-state index is 0.400. The van der Waals surface area contributed by atoms with Gasteiger partial charge in [-0.05, 0) is 13.3 Å². The Morgan fingerprint density at radius 1 is 1.42 bits per heavy atom. The van der Waals surface area contributed by atoms with E-state index in [9.17, 15) is 4.39 Å². The molecule has 0 aliphatic carbocycles. The summed E-state index contributed by atoms with van der Waals surface area (Å²) in [5.41, 5.74) is -1.05. The average molecular weight is 171 g/mol. The lowest BCUT2D eigenvalue weighted by Crippen LogP contribution is -2.29. The third-order valence-corrected chi connectivity index (χ3v) is 2.30. The summed E-state index contributed by atoms with van der Waals surface area (Å²) >= 11 is 0. The maximum atomic E-state index is 13.7. The first-order valence-corrected chi connectivity index (χ1v) is 5.06. The van der Waals surface area contributed by atoms with Crippen LogP contribution in [0.15, 0.2) is 0 Å². The largest absolute Gasteiger partial charge is 0.254 e. The second-order valence-electron chi connectivity index (χ2n) is 3.93. The third kappa shape index (κ3) is 5.62. The summed E-state index contributed by atoms with van der Waals surface area (Å²) in [5.74, 6) is 0.400. The van der Waals surface area contributed by atoms with Gasteiger partial charge in [-0.15, -0.1) is 0 Å². The van der Waals surface area contributed by atoms with Crippen molar-refractivity contribution in [2.75, 3.05) is 0 Å². The zero-order valence-corrected chi connectivity index (χ0v) is 8.86. The average Bonchev–Trinajstić information content (AvgIpc) is 2.00. The van der Waals surface area contributed by atoms with Gasteiger partial charge in [-0.25, -0.2) is 0 Å². The zero-order valence-electron chi connectivity index (χ0n) is 8.86. The van der Waals surface area contributed by atoms with Gasteiger partial charge in [-0.2, -0.15) is 0 Å². The van der Waals surface area contributed by atoms with Crippen molar-refractivity contribution in [3.63, 3.8) is 0 Å². The molecular formula is C10H21BF. The standard InChI is InChI=1S/C10H21BF/c1-5-7-8-10(4,12)11-9(3)6-2/h9H,5-8H2,1-4H3. The summed E-state index contributed by atoms with van der Waals surface area (Å²) < 4.78 is 13.7. The number of hydrogen-bond acceptors (Lipinski definition) is 0. The molecule has 0 heterocycles. The van der Waals surface area contributed by atoms with E-state index in [0.717, 1.165) is 19.3 Å². The highest BCUT2D eigenvalue weighted by Gasteiger charge is 2.25. The Balaban J connectivity index is 3.69. The maximum absolute atomic E-state index is 13.7. The van der Waals surface area contributed by atoms with Gasteiger partial charge < -0.3 is 0 Å². The van der Waals surface area contributed by atoms with Crippen molar-refractivity contribution in [1.82, 2.24) is 0 Å². The maximum Gasteiger partial charge on any atom is 0.164 e. The molecule has 0 nitrogen and oxygen atoms in total. The monoisotopic (exact) mass is 171 g/mol. The molecule has 0 amide bonds. The fraction of sp³-hybridized carbons (Fsp3) is 1.00. The second kappa shape index (κ2) is 5.61. The highest BCUT2D eigenvalue weighted by Crippen LogP contribution is 2.23. The normalized spacial score (nSPS) is 18.4. The molecule has 2 heteroatoms. The summed E-state index contributed by atoms with van der Waals surface area (Å²) in [6, 6.07) is 0. The Morgan fingerprint density at radius 2 is 2.00 bits per heavy atom. The van der Waals surface area contributed by atoms with Crippen LogP contribution in [0.25, 0.3) is 0 Å². The summed E-state index contributed by atoms with van der Waals surface area (Å²) in [6.07, 6.45) is 3.77. The number of halogens is 1. The molecule has 0 saturated heterocycles. The molecule has 71 valence electrons. The molecule has 0 fully saturated rings. The van der Waals surface area contributed by atoms with E-state index in [0.29, 0.717) is 12.2 Å². The highest BCUT2D eigenvalue weighted by molar-refractivity contribution is 6.41. The van der Waals surface area contributed by atoms with E-state index in [1.807, 2.05) is 7.28 Å². The van der Waals surface area contributed by atoms with Crippen molar-refractivity contribution < 1.29 is 4.39 Å². The first-order chi connectivity index (χ1) is 5.52. The molecule has 0 spiro atoms. The lowest BCUT2D eigenvalue weighted by molar-refractivity contribution is 0.271. The van der Waals surface area contributed by atoms with Gasteiger partial charge in [-0.1, -0.05) is 45.9 Å². The number of unbranched alkanes of at least 4 members (excludes halogenated alkanes) is 1. The van der Waals surface area contributed by atoms with Crippen LogP contribution in [0.5, 0.6) is 0 Å². The molecule has 0 N–H and O–H groups in total. The summed E-state index contributed by atoms with van der Waals surface area (Å²) in [7, 11) is 1.85. The van der Waals surface area contributed by atoms with Crippen LogP contribution < -0.4 is 0 Å². The van der Waals surface area contributed by atoms with Crippen molar-refractivity contribution in [2.45, 2.75) is 64.8 Å². The smallest absolute Gasteiger partial charge is 0.164 e. The highest BCUT2D eigenvalue weighted by atomic mass is 19.1. The van der Waals surface area contributed by atoms with E-state index in [-0.39, 0.29) is 0 Å². The topological polar surface area (TPSA) is 0 Å². The Labute approximate surface area is 77.2 Å². The third-order valence-electron chi connectivity index (χ3n) is 2.30. The predicted molar refractivity (Wildman–Crippen MR) is 54.5 cm³/mol. The molecular weight excluding hydrogens is 150 g/mol. The molecule has 2 atom stereocenters. The summed E-state index contributed by atoms with van der Waals surface area (Å²) in [5, 5.41) is 0. The van der Waals surface area contributed by atoms with Gasteiger partial charge in [0.1, 0.15) is 0 Å². The van der Waals surface area contributed by atoms with Crippen molar-refractivity contribution >= 4 is 7.28 Å². The van der Waals surface area contributed by atoms with Crippen LogP contribution in [0, 0.1) is 0 Å². The molecule has 0 aliphatic heterocycles. The van der Waals surface area contributed by atoms with E-state index < -0.39 is 5.57 Å². The van der Waals surface area contributed by atoms with Crippen LogP contribution in [0.4, 0.5) is 4.39 Å². The van der Waals surface area contributed by atoms with Gasteiger partial charge in [-0.3, -0.25) is 4.39 Å². The van der Waals surface area contributed by atoms with E-state index in [4.69, 9.17) is 0 Å². The lowest BCUT2D eigenvalue weighted by Gasteiger charge is -2.22. The number of alkyl halides is 1. The van der Waals surface area contributed by atoms with Gasteiger partial charge in [0.2, 0.25) is 0 Å². The molecule has 2 unspecified atom stereocenters. The summed E-state index contributed by atoms with van der Waals surface area (Å²) in [4.78, 5) is 0. The second-order valence-corrected chi connectivity index (χ2v) is 3.93. The molecule has 0 aromatic heterocycles. The van der Waals surface area contributed by atoms with Crippen LogP contribution in [-0.4, -0.2) is 12.8 Å². The van der Waals surface area contributed by atoms with Gasteiger partial charge in [0.25, 0.3) is 0 Å². The van der Waals surface area contributed by atoms with Gasteiger partial charge in [0.15, 0.2) is 7.28 Å². The van der Waals surface area contributed by atoms with Gasteiger partial charge >= 0.3 is 0 Å². The zero-order chi connectivity index (χ0) is 9.61. The van der Waals surface area contributed by atoms with Gasteiger partial charge in [0, 0.05) is 0 Å². The first kappa shape index (κ1) is 12.0. The molecule has 0 rings (SSSR count). The Kier molecular flexibility index (Phi) is 5.61. The minimum Gasteiger partial charge on any atom is -0.254 e. The van der Waals surface area contributed by atoms with Crippen LogP contribution in [0.3, 0.4) is 0 Å². The molecule has 1 radical (unpaired) electrons. The molecule has 12 heavy (non-hydrogen) atoms. The van der Waals surface area contributed by atoms with Crippen LogP contribution in [0.1, 0.15) is 53.4 Å².